The highest BCUT2D eigenvalue weighted by atomic mass is 127. The van der Waals surface area contributed by atoms with Gasteiger partial charge in [0.05, 0.1) is 27.3 Å². The second-order valence-corrected chi connectivity index (χ2v) is 7.63. The molecule has 4 N–H and O–H groups in total. The third-order valence-corrected chi connectivity index (χ3v) is 6.10. The van der Waals surface area contributed by atoms with Crippen LogP contribution in [0.15, 0.2) is 41.6 Å². The van der Waals surface area contributed by atoms with Crippen LogP contribution >= 0.6 is 34.2 Å². The lowest BCUT2D eigenvalue weighted by Gasteiger charge is -2.29. The predicted octanol–water partition coefficient (Wildman–Crippen LogP) is 4.06. The van der Waals surface area contributed by atoms with Gasteiger partial charge in [0, 0.05) is 16.9 Å². The molecule has 7 nitrogen and oxygen atoms in total. The van der Waals surface area contributed by atoms with E-state index in [-0.39, 0.29) is 22.1 Å². The van der Waals surface area contributed by atoms with Crippen molar-refractivity contribution in [3.63, 3.8) is 0 Å². The van der Waals surface area contributed by atoms with Crippen LogP contribution in [-0.4, -0.2) is 24.2 Å². The van der Waals surface area contributed by atoms with Gasteiger partial charge in [-0.25, -0.2) is 9.18 Å². The number of anilines is 1. The summed E-state index contributed by atoms with van der Waals surface area (Å²) in [4.78, 5) is 25.1. The lowest BCUT2D eigenvalue weighted by atomic mass is 9.94. The number of phenolic OH excluding ortho intramolecular Hbond substituents is 1. The molecule has 0 radical (unpaired) electrons. The van der Waals surface area contributed by atoms with Crippen LogP contribution in [0.5, 0.6) is 11.5 Å². The zero-order chi connectivity index (χ0) is 21.3. The van der Waals surface area contributed by atoms with Crippen molar-refractivity contribution in [1.29, 1.82) is 0 Å². The molecule has 3 rings (SSSR count). The first-order valence-corrected chi connectivity index (χ1v) is 9.78. The molecule has 0 saturated carbocycles. The van der Waals surface area contributed by atoms with E-state index in [0.717, 1.165) is 0 Å². The fourth-order valence-electron chi connectivity index (χ4n) is 2.94. The second-order valence-electron chi connectivity index (χ2n) is 6.18. The van der Waals surface area contributed by atoms with E-state index in [2.05, 4.69) is 16.0 Å². The van der Waals surface area contributed by atoms with E-state index in [9.17, 15) is 19.1 Å². The van der Waals surface area contributed by atoms with Crippen molar-refractivity contribution in [2.24, 2.45) is 0 Å². The normalized spacial score (nSPS) is 16.2. The zero-order valence-electron chi connectivity index (χ0n) is 15.3. The maximum atomic E-state index is 13.1. The monoisotopic (exact) mass is 531 g/mol. The van der Waals surface area contributed by atoms with E-state index < -0.39 is 23.8 Å². The molecular weight excluding hydrogens is 516 g/mol. The number of urea groups is 1. The van der Waals surface area contributed by atoms with Gasteiger partial charge < -0.3 is 25.8 Å². The number of hydrogen-bond donors (Lipinski definition) is 4. The van der Waals surface area contributed by atoms with Gasteiger partial charge >= 0.3 is 6.03 Å². The van der Waals surface area contributed by atoms with E-state index >= 15 is 0 Å². The number of methoxy groups -OCH3 is 1. The largest absolute Gasteiger partial charge is 0.503 e. The minimum absolute atomic E-state index is 0.139. The third-order valence-electron chi connectivity index (χ3n) is 4.32. The molecule has 0 bridgehead atoms. The van der Waals surface area contributed by atoms with Gasteiger partial charge in [-0.1, -0.05) is 11.6 Å². The topological polar surface area (TPSA) is 99.7 Å². The van der Waals surface area contributed by atoms with Gasteiger partial charge in [-0.05, 0) is 59.8 Å². The van der Waals surface area contributed by atoms with Gasteiger partial charge in [0.25, 0.3) is 5.91 Å². The van der Waals surface area contributed by atoms with Crippen molar-refractivity contribution in [3.05, 3.63) is 61.6 Å². The van der Waals surface area contributed by atoms with Gasteiger partial charge in [0.15, 0.2) is 11.5 Å². The average molecular weight is 532 g/mol. The van der Waals surface area contributed by atoms with Gasteiger partial charge in [-0.15, -0.1) is 0 Å². The van der Waals surface area contributed by atoms with Crippen LogP contribution < -0.4 is 20.7 Å². The molecule has 0 aromatic heterocycles. The zero-order valence-corrected chi connectivity index (χ0v) is 18.2. The van der Waals surface area contributed by atoms with Crippen LogP contribution in [0.25, 0.3) is 0 Å². The van der Waals surface area contributed by atoms with E-state index in [0.29, 0.717) is 20.5 Å². The smallest absolute Gasteiger partial charge is 0.319 e. The van der Waals surface area contributed by atoms with Crippen LogP contribution in [0.1, 0.15) is 18.5 Å². The summed E-state index contributed by atoms with van der Waals surface area (Å²) in [5.74, 6) is -0.928. The van der Waals surface area contributed by atoms with Crippen molar-refractivity contribution in [2.75, 3.05) is 12.4 Å². The molecule has 0 fully saturated rings. The van der Waals surface area contributed by atoms with Gasteiger partial charge in [0.1, 0.15) is 5.82 Å². The Kier molecular flexibility index (Phi) is 6.18. The summed E-state index contributed by atoms with van der Waals surface area (Å²) in [6, 6.07) is 5.34. The Morgan fingerprint density at radius 2 is 2.00 bits per heavy atom. The SMILES string of the molecule is COc1cc([C@@H]2NC(=O)NC(C)=C2C(=O)Nc2ccc(F)cc2)c(Cl)c(I)c1O. The lowest BCUT2D eigenvalue weighted by molar-refractivity contribution is -0.113. The number of ether oxygens (including phenoxy) is 1. The average Bonchev–Trinajstić information content (AvgIpc) is 2.67. The summed E-state index contributed by atoms with van der Waals surface area (Å²) < 4.78 is 18.6. The van der Waals surface area contributed by atoms with Crippen molar-refractivity contribution >= 4 is 51.8 Å². The van der Waals surface area contributed by atoms with Crippen molar-refractivity contribution in [3.8, 4) is 11.5 Å². The fourth-order valence-corrected chi connectivity index (χ4v) is 3.77. The standard InChI is InChI=1S/C19H16ClFIN3O4/c1-8-13(18(27)24-10-5-3-9(21)4-6-10)16(25-19(28)23-8)11-7-12(29-2)17(26)15(22)14(11)20/h3-7,16,26H,1-2H3,(H,24,27)(H2,23,25,28)/t16-/m0/s1. The highest BCUT2D eigenvalue weighted by Gasteiger charge is 2.34. The molecule has 2 aromatic rings. The first-order valence-electron chi connectivity index (χ1n) is 8.33. The molecule has 1 aliphatic rings. The molecule has 152 valence electrons. The Labute approximate surface area is 184 Å². The van der Waals surface area contributed by atoms with Gasteiger partial charge in [-0.3, -0.25) is 4.79 Å². The van der Waals surface area contributed by atoms with Crippen LogP contribution in [0, 0.1) is 9.39 Å². The molecule has 0 aliphatic carbocycles. The molecule has 0 saturated heterocycles. The molecule has 1 atom stereocenters. The molecular formula is C19H16ClFIN3O4. The summed E-state index contributed by atoms with van der Waals surface area (Å²) in [6.45, 7) is 1.59. The summed E-state index contributed by atoms with van der Waals surface area (Å²) in [5, 5.41) is 18.2. The number of rotatable bonds is 4. The number of benzene rings is 2. The molecule has 0 unspecified atom stereocenters. The fraction of sp³-hybridized carbons (Fsp3) is 0.158. The number of nitrogens with one attached hydrogen (secondary N) is 3. The molecule has 0 spiro atoms. The van der Waals surface area contributed by atoms with Crippen LogP contribution in [-0.2, 0) is 4.79 Å². The minimum atomic E-state index is -0.903. The Morgan fingerprint density at radius 1 is 1.34 bits per heavy atom. The highest BCUT2D eigenvalue weighted by molar-refractivity contribution is 14.1. The van der Waals surface area contributed by atoms with Crippen LogP contribution in [0.2, 0.25) is 5.02 Å². The maximum absolute atomic E-state index is 13.1. The summed E-state index contributed by atoms with van der Waals surface area (Å²) in [6.07, 6.45) is 0. The van der Waals surface area contributed by atoms with E-state index in [1.54, 1.807) is 6.92 Å². The van der Waals surface area contributed by atoms with Crippen LogP contribution in [0.4, 0.5) is 14.9 Å². The first kappa shape index (κ1) is 21.2. The molecule has 1 aliphatic heterocycles. The van der Waals surface area contributed by atoms with Crippen molar-refractivity contribution < 1.29 is 23.8 Å². The van der Waals surface area contributed by atoms with E-state index in [4.69, 9.17) is 16.3 Å². The Hall–Kier alpha value is -2.53. The predicted molar refractivity (Wildman–Crippen MR) is 115 cm³/mol. The van der Waals surface area contributed by atoms with E-state index in [1.165, 1.54) is 37.4 Å². The van der Waals surface area contributed by atoms with Gasteiger partial charge in [0.2, 0.25) is 0 Å². The van der Waals surface area contributed by atoms with Crippen molar-refractivity contribution in [1.82, 2.24) is 10.6 Å². The molecule has 1 heterocycles. The second kappa shape index (κ2) is 8.46. The summed E-state index contributed by atoms with van der Waals surface area (Å²) in [5.41, 5.74) is 1.30. The molecule has 3 amide bonds. The maximum Gasteiger partial charge on any atom is 0.319 e. The number of carbonyl (C=O) groups is 2. The number of allylic oxidation sites excluding steroid dienone is 1. The number of phenols is 1. The number of carbonyl (C=O) groups excluding carboxylic acids is 2. The summed E-state index contributed by atoms with van der Waals surface area (Å²) in [7, 11) is 1.38. The van der Waals surface area contributed by atoms with Crippen molar-refractivity contribution in [2.45, 2.75) is 13.0 Å². The number of halogens is 3. The number of hydrogen-bond acceptors (Lipinski definition) is 4. The van der Waals surface area contributed by atoms with Crippen LogP contribution in [0.3, 0.4) is 0 Å². The summed E-state index contributed by atoms with van der Waals surface area (Å²) >= 11 is 8.27. The minimum Gasteiger partial charge on any atom is -0.503 e. The first-order chi connectivity index (χ1) is 13.7. The quantitative estimate of drug-likeness (QED) is 0.447. The lowest BCUT2D eigenvalue weighted by Crippen LogP contribution is -2.46. The van der Waals surface area contributed by atoms with Gasteiger partial charge in [-0.2, -0.15) is 0 Å². The Balaban J connectivity index is 2.06. The van der Waals surface area contributed by atoms with E-state index in [1.807, 2.05) is 22.6 Å². The molecule has 29 heavy (non-hydrogen) atoms. The third kappa shape index (κ3) is 4.25. The Morgan fingerprint density at radius 3 is 2.62 bits per heavy atom. The molecule has 10 heteroatoms. The molecule has 2 aromatic carbocycles. The Bertz CT molecular complexity index is 1030. The number of aromatic hydroxyl groups is 1. The number of amides is 3. The highest BCUT2D eigenvalue weighted by Crippen LogP contribution is 2.43.